The number of rotatable bonds is 8. The number of nitrogens with one attached hydrogen (secondary N) is 2. The van der Waals surface area contributed by atoms with E-state index >= 15 is 0 Å². The highest BCUT2D eigenvalue weighted by atomic mass is 16.1. The first-order valence-corrected chi connectivity index (χ1v) is 13.6. The van der Waals surface area contributed by atoms with Crippen molar-refractivity contribution in [1.82, 2.24) is 24.8 Å². The summed E-state index contributed by atoms with van der Waals surface area (Å²) < 4.78 is 0. The van der Waals surface area contributed by atoms with Gasteiger partial charge in [-0.25, -0.2) is 9.97 Å². The molecule has 1 aliphatic heterocycles. The van der Waals surface area contributed by atoms with E-state index in [1.807, 2.05) is 37.3 Å². The summed E-state index contributed by atoms with van der Waals surface area (Å²) in [6.07, 6.45) is 10.3. The molecule has 8 nitrogen and oxygen atoms in total. The van der Waals surface area contributed by atoms with Crippen LogP contribution in [-0.4, -0.2) is 50.4 Å². The van der Waals surface area contributed by atoms with Crippen LogP contribution < -0.4 is 10.6 Å². The standard InChI is InChI=1S/C31H35N7O/c1-4-12-38-13-8-23(9-14-38)25-15-21(2)16-26(17-25)30(39)35-27-18-29(22(3)34-20-27)37-31-33-11-7-28(36-31)24-6-5-10-32-19-24/h5-7,10-11,15-20,23H,4,8-9,12-14H2,1-3H3,(H,35,39)(H,33,36,37). The highest BCUT2D eigenvalue weighted by Crippen LogP contribution is 2.30. The summed E-state index contributed by atoms with van der Waals surface area (Å²) in [4.78, 5) is 33.5. The molecule has 1 amide bonds. The Morgan fingerprint density at radius 3 is 2.64 bits per heavy atom. The topological polar surface area (TPSA) is 95.9 Å². The molecule has 39 heavy (non-hydrogen) atoms. The minimum absolute atomic E-state index is 0.144. The number of carbonyl (C=O) groups is 1. The molecule has 1 fully saturated rings. The van der Waals surface area contributed by atoms with E-state index in [2.05, 4.69) is 61.4 Å². The maximum absolute atomic E-state index is 13.3. The van der Waals surface area contributed by atoms with Crippen molar-refractivity contribution in [3.63, 3.8) is 0 Å². The van der Waals surface area contributed by atoms with Crippen LogP contribution in [0.3, 0.4) is 0 Å². The van der Waals surface area contributed by atoms with E-state index in [9.17, 15) is 4.79 Å². The van der Waals surface area contributed by atoms with Crippen molar-refractivity contribution < 1.29 is 4.79 Å². The molecule has 5 rings (SSSR count). The molecule has 1 saturated heterocycles. The van der Waals surface area contributed by atoms with Crippen molar-refractivity contribution >= 4 is 23.2 Å². The third-order valence-corrected chi connectivity index (χ3v) is 7.16. The number of benzene rings is 1. The number of aromatic nitrogens is 4. The third kappa shape index (κ3) is 6.64. The van der Waals surface area contributed by atoms with Crippen molar-refractivity contribution in [2.45, 2.75) is 46.0 Å². The minimum atomic E-state index is -0.144. The molecule has 1 aliphatic rings. The Morgan fingerprint density at radius 1 is 1.03 bits per heavy atom. The molecule has 0 radical (unpaired) electrons. The van der Waals surface area contributed by atoms with Gasteiger partial charge in [-0.15, -0.1) is 0 Å². The highest BCUT2D eigenvalue weighted by molar-refractivity contribution is 6.04. The van der Waals surface area contributed by atoms with Crippen LogP contribution in [0.4, 0.5) is 17.3 Å². The lowest BCUT2D eigenvalue weighted by molar-refractivity contribution is 0.102. The van der Waals surface area contributed by atoms with Gasteiger partial charge in [0.05, 0.1) is 29.0 Å². The van der Waals surface area contributed by atoms with Gasteiger partial charge in [0.15, 0.2) is 0 Å². The summed E-state index contributed by atoms with van der Waals surface area (Å²) in [5.74, 6) is 0.789. The molecule has 0 bridgehead atoms. The Bertz CT molecular complexity index is 1430. The van der Waals surface area contributed by atoms with Gasteiger partial charge in [-0.3, -0.25) is 14.8 Å². The molecule has 8 heteroatoms. The van der Waals surface area contributed by atoms with Crippen LogP contribution in [0.15, 0.2) is 67.3 Å². The fraction of sp³-hybridized carbons (Fsp3) is 0.323. The molecule has 0 aliphatic carbocycles. The predicted octanol–water partition coefficient (Wildman–Crippen LogP) is 6.14. The van der Waals surface area contributed by atoms with Gasteiger partial charge in [-0.1, -0.05) is 18.6 Å². The van der Waals surface area contributed by atoms with Gasteiger partial charge < -0.3 is 15.5 Å². The first-order valence-electron chi connectivity index (χ1n) is 13.6. The van der Waals surface area contributed by atoms with Crippen LogP contribution in [0.1, 0.15) is 59.3 Å². The molecular formula is C31H35N7O. The van der Waals surface area contributed by atoms with Gasteiger partial charge in [0.1, 0.15) is 0 Å². The van der Waals surface area contributed by atoms with Crippen LogP contribution in [0, 0.1) is 13.8 Å². The molecule has 4 heterocycles. The largest absolute Gasteiger partial charge is 0.322 e. The zero-order chi connectivity index (χ0) is 27.2. The van der Waals surface area contributed by atoms with E-state index in [4.69, 9.17) is 0 Å². The van der Waals surface area contributed by atoms with E-state index in [-0.39, 0.29) is 5.91 Å². The number of carbonyl (C=O) groups excluding carboxylic acids is 1. The molecule has 4 aromatic rings. The molecule has 2 N–H and O–H groups in total. The van der Waals surface area contributed by atoms with Gasteiger partial charge >= 0.3 is 0 Å². The number of hydrogen-bond donors (Lipinski definition) is 2. The second-order valence-corrected chi connectivity index (χ2v) is 10.2. The van der Waals surface area contributed by atoms with Crippen LogP contribution in [0.5, 0.6) is 0 Å². The zero-order valence-corrected chi connectivity index (χ0v) is 22.8. The first kappa shape index (κ1) is 26.4. The van der Waals surface area contributed by atoms with Gasteiger partial charge in [-0.2, -0.15) is 0 Å². The van der Waals surface area contributed by atoms with E-state index in [1.54, 1.807) is 24.8 Å². The van der Waals surface area contributed by atoms with E-state index in [0.717, 1.165) is 60.7 Å². The molecule has 0 saturated carbocycles. The third-order valence-electron chi connectivity index (χ3n) is 7.16. The summed E-state index contributed by atoms with van der Waals surface area (Å²) in [5.41, 5.74) is 6.80. The summed E-state index contributed by atoms with van der Waals surface area (Å²) in [5, 5.41) is 6.28. The van der Waals surface area contributed by atoms with E-state index < -0.39 is 0 Å². The molecule has 200 valence electrons. The lowest BCUT2D eigenvalue weighted by atomic mass is 9.87. The van der Waals surface area contributed by atoms with Gasteiger partial charge in [-0.05, 0) is 101 Å². The molecular weight excluding hydrogens is 486 g/mol. The lowest BCUT2D eigenvalue weighted by Gasteiger charge is -2.32. The summed E-state index contributed by atoms with van der Waals surface area (Å²) in [7, 11) is 0. The average Bonchev–Trinajstić information content (AvgIpc) is 2.96. The van der Waals surface area contributed by atoms with Gasteiger partial charge in [0.2, 0.25) is 5.95 Å². The highest BCUT2D eigenvalue weighted by Gasteiger charge is 2.21. The summed E-state index contributed by atoms with van der Waals surface area (Å²) in [6, 6.07) is 13.8. The molecule has 0 atom stereocenters. The fourth-order valence-electron chi connectivity index (χ4n) is 5.13. The van der Waals surface area contributed by atoms with E-state index in [1.165, 1.54) is 12.0 Å². The number of piperidine rings is 1. The molecule has 0 unspecified atom stereocenters. The number of pyridine rings is 2. The van der Waals surface area contributed by atoms with Crippen LogP contribution in [-0.2, 0) is 0 Å². The zero-order valence-electron chi connectivity index (χ0n) is 22.8. The van der Waals surface area contributed by atoms with Crippen LogP contribution >= 0.6 is 0 Å². The number of nitrogens with zero attached hydrogens (tertiary/aromatic N) is 5. The van der Waals surface area contributed by atoms with Crippen LogP contribution in [0.25, 0.3) is 11.3 Å². The lowest BCUT2D eigenvalue weighted by Crippen LogP contribution is -2.33. The maximum Gasteiger partial charge on any atom is 0.255 e. The SMILES string of the molecule is CCCN1CCC(c2cc(C)cc(C(=O)Nc3cnc(C)c(Nc4nccc(-c5cccnc5)n4)c3)c2)CC1. The number of hydrogen-bond acceptors (Lipinski definition) is 7. The predicted molar refractivity (Wildman–Crippen MR) is 155 cm³/mol. The second-order valence-electron chi connectivity index (χ2n) is 10.2. The average molecular weight is 522 g/mol. The van der Waals surface area contributed by atoms with Gasteiger partial charge in [0.25, 0.3) is 5.91 Å². The Hall–Kier alpha value is -4.17. The Balaban J connectivity index is 1.29. The maximum atomic E-state index is 13.3. The molecule has 3 aromatic heterocycles. The summed E-state index contributed by atoms with van der Waals surface area (Å²) >= 11 is 0. The smallest absolute Gasteiger partial charge is 0.255 e. The van der Waals surface area contributed by atoms with Crippen LogP contribution in [0.2, 0.25) is 0 Å². The molecule has 0 spiro atoms. The fourth-order valence-corrected chi connectivity index (χ4v) is 5.13. The number of aryl methyl sites for hydroxylation is 2. The van der Waals surface area contributed by atoms with Crippen molar-refractivity contribution in [2.75, 3.05) is 30.3 Å². The first-order chi connectivity index (χ1) is 19.0. The van der Waals surface area contributed by atoms with Crippen molar-refractivity contribution in [3.05, 3.63) is 89.6 Å². The van der Waals surface area contributed by atoms with Crippen molar-refractivity contribution in [3.8, 4) is 11.3 Å². The Morgan fingerprint density at radius 2 is 1.87 bits per heavy atom. The number of anilines is 3. The quantitative estimate of drug-likeness (QED) is 0.288. The van der Waals surface area contributed by atoms with Gasteiger partial charge in [0, 0.05) is 29.7 Å². The van der Waals surface area contributed by atoms with E-state index in [0.29, 0.717) is 23.1 Å². The number of amides is 1. The van der Waals surface area contributed by atoms with Crippen molar-refractivity contribution in [1.29, 1.82) is 0 Å². The molecule has 1 aromatic carbocycles. The monoisotopic (exact) mass is 521 g/mol. The minimum Gasteiger partial charge on any atom is -0.322 e. The normalized spacial score (nSPS) is 14.2. The second kappa shape index (κ2) is 12.1. The Labute approximate surface area is 230 Å². The number of likely N-dealkylation sites (tertiary alicyclic amines) is 1. The van der Waals surface area contributed by atoms with Crippen molar-refractivity contribution in [2.24, 2.45) is 0 Å². The summed E-state index contributed by atoms with van der Waals surface area (Å²) in [6.45, 7) is 9.59. The Kier molecular flexibility index (Phi) is 8.22.